The molecule has 0 aliphatic heterocycles. The summed E-state index contributed by atoms with van der Waals surface area (Å²) in [6.07, 6.45) is 0. The van der Waals surface area contributed by atoms with E-state index in [-0.39, 0.29) is 0 Å². The fourth-order valence-corrected chi connectivity index (χ4v) is 3.88. The third-order valence-electron chi connectivity index (χ3n) is 5.53. The first-order valence-electron chi connectivity index (χ1n) is 10.8. The highest BCUT2D eigenvalue weighted by Crippen LogP contribution is 2.30. The summed E-state index contributed by atoms with van der Waals surface area (Å²) in [4.78, 5) is 14.5. The van der Waals surface area contributed by atoms with Crippen molar-refractivity contribution in [2.45, 2.75) is 0 Å². The molecule has 0 amide bonds. The molecule has 0 aliphatic rings. The molecule has 0 unspecified atom stereocenters. The Morgan fingerprint density at radius 3 is 1.70 bits per heavy atom. The van der Waals surface area contributed by atoms with E-state index in [1.807, 2.05) is 91.0 Å². The summed E-state index contributed by atoms with van der Waals surface area (Å²) in [5, 5.41) is 0. The topological polar surface area (TPSA) is 51.8 Å². The van der Waals surface area contributed by atoms with Gasteiger partial charge in [-0.1, -0.05) is 84.9 Å². The summed E-state index contributed by atoms with van der Waals surface area (Å²) < 4.78 is 5.98. The Bertz CT molecular complexity index is 1470. The molecule has 6 aromatic rings. The van der Waals surface area contributed by atoms with Gasteiger partial charge in [-0.25, -0.2) is 15.0 Å². The van der Waals surface area contributed by atoms with Gasteiger partial charge in [0.05, 0.1) is 11.4 Å². The average molecular weight is 425 g/mol. The van der Waals surface area contributed by atoms with Gasteiger partial charge in [0.25, 0.3) is 0 Å². The summed E-state index contributed by atoms with van der Waals surface area (Å²) >= 11 is 0. The van der Waals surface area contributed by atoms with E-state index in [4.69, 9.17) is 14.4 Å². The van der Waals surface area contributed by atoms with Crippen LogP contribution in [0.5, 0.6) is 0 Å². The molecule has 0 N–H and O–H groups in total. The molecule has 6 rings (SSSR count). The lowest BCUT2D eigenvalue weighted by Gasteiger charge is -2.10. The number of benzene rings is 4. The second kappa shape index (κ2) is 8.17. The molecule has 0 radical (unpaired) electrons. The molecule has 33 heavy (non-hydrogen) atoms. The van der Waals surface area contributed by atoms with E-state index in [2.05, 4.69) is 29.2 Å². The number of para-hydroxylation sites is 2. The first-order valence-corrected chi connectivity index (χ1v) is 10.8. The number of fused-ring (bicyclic) bond motifs is 1. The van der Waals surface area contributed by atoms with Gasteiger partial charge in [-0.05, 0) is 30.3 Å². The first kappa shape index (κ1) is 19.1. The van der Waals surface area contributed by atoms with Crippen molar-refractivity contribution in [2.24, 2.45) is 0 Å². The molecule has 0 spiro atoms. The van der Waals surface area contributed by atoms with Gasteiger partial charge in [-0.15, -0.1) is 0 Å². The quantitative estimate of drug-likeness (QED) is 0.298. The minimum Gasteiger partial charge on any atom is -0.436 e. The van der Waals surface area contributed by atoms with Crippen LogP contribution in [0.25, 0.3) is 56.5 Å². The van der Waals surface area contributed by atoms with Crippen molar-refractivity contribution in [2.75, 3.05) is 0 Å². The molecule has 0 saturated carbocycles. The molecule has 0 fully saturated rings. The molecular weight excluding hydrogens is 406 g/mol. The lowest BCUT2D eigenvalue weighted by molar-refractivity contribution is 0.620. The number of rotatable bonds is 4. The minimum absolute atomic E-state index is 0.584. The zero-order chi connectivity index (χ0) is 22.0. The Hall–Kier alpha value is -4.57. The predicted octanol–water partition coefficient (Wildman–Crippen LogP) is 7.29. The standard InChI is InChI=1S/C29H19N3O/c1-3-10-20(11-4-1)25-19-26(21-12-5-2-6-13-21)31-28(30-25)22-14-9-15-23(18-22)29-32-24-16-7-8-17-27(24)33-29/h1-19H. The number of nitrogens with zero attached hydrogens (tertiary/aromatic N) is 3. The Kier molecular flexibility index (Phi) is 4.74. The van der Waals surface area contributed by atoms with E-state index in [1.165, 1.54) is 0 Å². The number of aromatic nitrogens is 3. The zero-order valence-electron chi connectivity index (χ0n) is 17.7. The van der Waals surface area contributed by atoms with Crippen molar-refractivity contribution in [3.63, 3.8) is 0 Å². The van der Waals surface area contributed by atoms with Crippen molar-refractivity contribution < 1.29 is 4.42 Å². The summed E-state index contributed by atoms with van der Waals surface area (Å²) in [6, 6.07) is 38.2. The van der Waals surface area contributed by atoms with Crippen LogP contribution in [-0.2, 0) is 0 Å². The lowest BCUT2D eigenvalue weighted by Crippen LogP contribution is -1.96. The molecule has 0 saturated heterocycles. The van der Waals surface area contributed by atoms with Crippen LogP contribution in [-0.4, -0.2) is 15.0 Å². The largest absolute Gasteiger partial charge is 0.436 e. The fourth-order valence-electron chi connectivity index (χ4n) is 3.88. The second-order valence-electron chi connectivity index (χ2n) is 7.76. The Balaban J connectivity index is 1.49. The van der Waals surface area contributed by atoms with Crippen LogP contribution < -0.4 is 0 Å². The van der Waals surface area contributed by atoms with Gasteiger partial charge < -0.3 is 4.42 Å². The monoisotopic (exact) mass is 425 g/mol. The van der Waals surface area contributed by atoms with Gasteiger partial charge in [0.15, 0.2) is 11.4 Å². The predicted molar refractivity (Wildman–Crippen MR) is 131 cm³/mol. The number of hydrogen-bond donors (Lipinski definition) is 0. The van der Waals surface area contributed by atoms with Crippen LogP contribution in [0.15, 0.2) is 120 Å². The molecule has 2 aromatic heterocycles. The smallest absolute Gasteiger partial charge is 0.227 e. The molecule has 4 nitrogen and oxygen atoms in total. The van der Waals surface area contributed by atoms with E-state index < -0.39 is 0 Å². The molecule has 2 heterocycles. The van der Waals surface area contributed by atoms with Crippen molar-refractivity contribution in [1.29, 1.82) is 0 Å². The Morgan fingerprint density at radius 2 is 1.03 bits per heavy atom. The summed E-state index contributed by atoms with van der Waals surface area (Å²) in [5.41, 5.74) is 7.27. The van der Waals surface area contributed by atoms with Crippen LogP contribution in [0.4, 0.5) is 0 Å². The molecular formula is C29H19N3O. The lowest BCUT2D eigenvalue weighted by atomic mass is 10.1. The third kappa shape index (κ3) is 3.79. The van der Waals surface area contributed by atoms with Crippen molar-refractivity contribution in [3.05, 3.63) is 115 Å². The van der Waals surface area contributed by atoms with Gasteiger partial charge in [0.2, 0.25) is 5.89 Å². The maximum atomic E-state index is 5.98. The van der Waals surface area contributed by atoms with E-state index >= 15 is 0 Å². The maximum Gasteiger partial charge on any atom is 0.227 e. The van der Waals surface area contributed by atoms with Crippen molar-refractivity contribution in [1.82, 2.24) is 15.0 Å². The maximum absolute atomic E-state index is 5.98. The van der Waals surface area contributed by atoms with Crippen LogP contribution in [0.3, 0.4) is 0 Å². The average Bonchev–Trinajstić information content (AvgIpc) is 3.34. The van der Waals surface area contributed by atoms with Gasteiger partial charge >= 0.3 is 0 Å². The van der Waals surface area contributed by atoms with E-state index in [9.17, 15) is 0 Å². The Labute approximate surface area is 191 Å². The van der Waals surface area contributed by atoms with Gasteiger partial charge in [-0.3, -0.25) is 0 Å². The van der Waals surface area contributed by atoms with Crippen molar-refractivity contribution in [3.8, 4) is 45.4 Å². The van der Waals surface area contributed by atoms with Gasteiger partial charge in [0.1, 0.15) is 5.52 Å². The van der Waals surface area contributed by atoms with Crippen LogP contribution in [0, 0.1) is 0 Å². The van der Waals surface area contributed by atoms with Crippen LogP contribution in [0.2, 0.25) is 0 Å². The van der Waals surface area contributed by atoms with Gasteiger partial charge in [-0.2, -0.15) is 0 Å². The van der Waals surface area contributed by atoms with Crippen LogP contribution >= 0.6 is 0 Å². The van der Waals surface area contributed by atoms with E-state index in [0.717, 1.165) is 44.7 Å². The molecule has 0 bridgehead atoms. The number of oxazole rings is 1. The van der Waals surface area contributed by atoms with E-state index in [1.54, 1.807) is 0 Å². The highest BCUT2D eigenvalue weighted by Gasteiger charge is 2.13. The Morgan fingerprint density at radius 1 is 0.455 bits per heavy atom. The highest BCUT2D eigenvalue weighted by atomic mass is 16.3. The van der Waals surface area contributed by atoms with Crippen LogP contribution in [0.1, 0.15) is 0 Å². The SMILES string of the molecule is c1ccc(-c2cc(-c3ccccc3)nc(-c3cccc(-c4nc5ccccc5o4)c3)n2)cc1. The third-order valence-corrected chi connectivity index (χ3v) is 5.53. The normalized spacial score (nSPS) is 11.0. The molecule has 0 atom stereocenters. The minimum atomic E-state index is 0.584. The van der Waals surface area contributed by atoms with E-state index in [0.29, 0.717) is 11.7 Å². The molecule has 4 aromatic carbocycles. The molecule has 0 aliphatic carbocycles. The zero-order valence-corrected chi connectivity index (χ0v) is 17.7. The second-order valence-corrected chi connectivity index (χ2v) is 7.76. The van der Waals surface area contributed by atoms with Gasteiger partial charge in [0, 0.05) is 22.3 Å². The molecule has 4 heteroatoms. The fraction of sp³-hybridized carbons (Fsp3) is 0. The highest BCUT2D eigenvalue weighted by molar-refractivity contribution is 5.78. The summed E-state index contributed by atoms with van der Waals surface area (Å²) in [5.74, 6) is 1.24. The molecule has 156 valence electrons. The first-order chi connectivity index (χ1) is 16.3. The summed E-state index contributed by atoms with van der Waals surface area (Å²) in [7, 11) is 0. The van der Waals surface area contributed by atoms with Crippen molar-refractivity contribution >= 4 is 11.1 Å². The summed E-state index contributed by atoms with van der Waals surface area (Å²) in [6.45, 7) is 0. The number of hydrogen-bond acceptors (Lipinski definition) is 4.